The van der Waals surface area contributed by atoms with E-state index in [9.17, 15) is 13.2 Å². The summed E-state index contributed by atoms with van der Waals surface area (Å²) in [5, 5.41) is 0. The Bertz CT molecular complexity index is 1170. The highest BCUT2D eigenvalue weighted by Gasteiger charge is 2.19. The van der Waals surface area contributed by atoms with Gasteiger partial charge in [-0.05, 0) is 61.7 Å². The minimum atomic E-state index is -3.72. The lowest BCUT2D eigenvalue weighted by atomic mass is 10.1. The van der Waals surface area contributed by atoms with Crippen LogP contribution in [0.3, 0.4) is 0 Å². The average Bonchev–Trinajstić information content (AvgIpc) is 2.86. The van der Waals surface area contributed by atoms with Gasteiger partial charge in [-0.25, -0.2) is 8.42 Å². The fraction of sp³-hybridized carbons (Fsp3) is 0.211. The Kier molecular flexibility index (Phi) is 4.77. The summed E-state index contributed by atoms with van der Waals surface area (Å²) in [6, 6.07) is 8.74. The summed E-state index contributed by atoms with van der Waals surface area (Å²) in [5.41, 5.74) is 3.75. The lowest BCUT2D eigenvalue weighted by molar-refractivity contribution is 0.600. The van der Waals surface area contributed by atoms with Gasteiger partial charge in [-0.15, -0.1) is 6.58 Å². The first-order valence-corrected chi connectivity index (χ1v) is 10.4. The summed E-state index contributed by atoms with van der Waals surface area (Å²) in [6.45, 7) is 9.65. The van der Waals surface area contributed by atoms with Crippen molar-refractivity contribution in [2.24, 2.45) is 0 Å². The van der Waals surface area contributed by atoms with Gasteiger partial charge in [0.2, 0.25) is 0 Å². The van der Waals surface area contributed by atoms with Crippen molar-refractivity contribution in [3.63, 3.8) is 0 Å². The molecule has 0 spiro atoms. The SMILES string of the molecule is C=CCn1c(=O)sc2cc(NS(=O)(=O)c3cc(C)cc(C)c3C)ccc21. The van der Waals surface area contributed by atoms with Crippen molar-refractivity contribution < 1.29 is 8.42 Å². The number of hydrogen-bond donors (Lipinski definition) is 1. The molecule has 0 amide bonds. The monoisotopic (exact) mass is 388 g/mol. The lowest BCUT2D eigenvalue weighted by Gasteiger charge is -2.13. The summed E-state index contributed by atoms with van der Waals surface area (Å²) >= 11 is 1.09. The molecular weight excluding hydrogens is 368 g/mol. The highest BCUT2D eigenvalue weighted by molar-refractivity contribution is 7.92. The van der Waals surface area contributed by atoms with Gasteiger partial charge >= 0.3 is 4.87 Å². The third-order valence-electron chi connectivity index (χ3n) is 4.29. The van der Waals surface area contributed by atoms with Crippen LogP contribution in [0.4, 0.5) is 5.69 Å². The van der Waals surface area contributed by atoms with E-state index in [-0.39, 0.29) is 9.77 Å². The van der Waals surface area contributed by atoms with Crippen LogP contribution >= 0.6 is 11.3 Å². The predicted octanol–water partition coefficient (Wildman–Crippen LogP) is 3.98. The predicted molar refractivity (Wildman–Crippen MR) is 108 cm³/mol. The Morgan fingerprint density at radius 1 is 1.19 bits per heavy atom. The van der Waals surface area contributed by atoms with Gasteiger partial charge < -0.3 is 0 Å². The number of benzene rings is 2. The molecule has 3 aromatic rings. The van der Waals surface area contributed by atoms with E-state index in [1.54, 1.807) is 41.8 Å². The van der Waals surface area contributed by atoms with E-state index < -0.39 is 10.0 Å². The molecule has 0 aliphatic heterocycles. The summed E-state index contributed by atoms with van der Waals surface area (Å²) in [4.78, 5) is 12.2. The molecule has 3 rings (SSSR count). The maximum Gasteiger partial charge on any atom is 0.308 e. The topological polar surface area (TPSA) is 68.2 Å². The molecule has 0 radical (unpaired) electrons. The Balaban J connectivity index is 2.03. The number of thiazole rings is 1. The smallest absolute Gasteiger partial charge is 0.295 e. The molecule has 1 aromatic heterocycles. The van der Waals surface area contributed by atoms with Crippen LogP contribution in [0, 0.1) is 20.8 Å². The van der Waals surface area contributed by atoms with Crippen LogP contribution in [-0.2, 0) is 16.6 Å². The third kappa shape index (κ3) is 3.32. The maximum absolute atomic E-state index is 12.8. The molecule has 7 heteroatoms. The van der Waals surface area contributed by atoms with Crippen molar-refractivity contribution in [1.29, 1.82) is 0 Å². The maximum atomic E-state index is 12.8. The van der Waals surface area contributed by atoms with E-state index >= 15 is 0 Å². The van der Waals surface area contributed by atoms with Crippen LogP contribution in [0.2, 0.25) is 0 Å². The van der Waals surface area contributed by atoms with Gasteiger partial charge in [-0.1, -0.05) is 23.5 Å². The van der Waals surface area contributed by atoms with Crippen molar-refractivity contribution in [2.75, 3.05) is 4.72 Å². The van der Waals surface area contributed by atoms with Gasteiger partial charge in [0.15, 0.2) is 0 Å². The van der Waals surface area contributed by atoms with Gasteiger partial charge in [-0.2, -0.15) is 0 Å². The number of anilines is 1. The quantitative estimate of drug-likeness (QED) is 0.672. The number of sulfonamides is 1. The molecule has 0 aliphatic rings. The first-order valence-electron chi connectivity index (χ1n) is 8.08. The molecule has 0 unspecified atom stereocenters. The van der Waals surface area contributed by atoms with Gasteiger partial charge in [0, 0.05) is 6.54 Å². The molecule has 0 bridgehead atoms. The summed E-state index contributed by atoms with van der Waals surface area (Å²) < 4.78 is 30.7. The zero-order valence-corrected chi connectivity index (χ0v) is 16.5. The first kappa shape index (κ1) is 18.4. The molecule has 0 atom stereocenters. The Morgan fingerprint density at radius 3 is 2.62 bits per heavy atom. The Morgan fingerprint density at radius 2 is 1.92 bits per heavy atom. The minimum Gasteiger partial charge on any atom is -0.295 e. The molecule has 5 nitrogen and oxygen atoms in total. The lowest BCUT2D eigenvalue weighted by Crippen LogP contribution is -2.15. The number of hydrogen-bond acceptors (Lipinski definition) is 4. The van der Waals surface area contributed by atoms with E-state index in [1.165, 1.54) is 0 Å². The number of aryl methyl sites for hydroxylation is 2. The second-order valence-electron chi connectivity index (χ2n) is 6.26. The summed E-state index contributed by atoms with van der Waals surface area (Å²) in [6.07, 6.45) is 1.66. The van der Waals surface area contributed by atoms with Crippen molar-refractivity contribution in [1.82, 2.24) is 4.57 Å². The molecule has 0 aliphatic carbocycles. The second kappa shape index (κ2) is 6.74. The molecular formula is C19H20N2O3S2. The largest absolute Gasteiger partial charge is 0.308 e. The summed E-state index contributed by atoms with van der Waals surface area (Å²) in [5.74, 6) is 0. The van der Waals surface area contributed by atoms with Crippen LogP contribution < -0.4 is 9.60 Å². The van der Waals surface area contributed by atoms with Gasteiger partial charge in [0.05, 0.1) is 20.8 Å². The number of allylic oxidation sites excluding steroid dienone is 1. The molecule has 0 saturated carbocycles. The molecule has 26 heavy (non-hydrogen) atoms. The van der Waals surface area contributed by atoms with Crippen LogP contribution in [0.5, 0.6) is 0 Å². The highest BCUT2D eigenvalue weighted by atomic mass is 32.2. The number of rotatable bonds is 5. The molecule has 1 heterocycles. The van der Waals surface area contributed by atoms with Crippen LogP contribution in [0.25, 0.3) is 10.2 Å². The van der Waals surface area contributed by atoms with E-state index in [2.05, 4.69) is 11.3 Å². The highest BCUT2D eigenvalue weighted by Crippen LogP contribution is 2.26. The molecule has 0 fully saturated rings. The molecule has 136 valence electrons. The van der Waals surface area contributed by atoms with E-state index in [1.807, 2.05) is 19.9 Å². The van der Waals surface area contributed by atoms with Crippen molar-refractivity contribution in [3.05, 3.63) is 69.3 Å². The standard InChI is InChI=1S/C19H20N2O3S2/c1-5-8-21-16-7-6-15(11-17(16)25-19(21)22)20-26(23,24)18-10-12(2)9-13(3)14(18)4/h5-7,9-11,20H,1,8H2,2-4H3. The van der Waals surface area contributed by atoms with Crippen molar-refractivity contribution in [2.45, 2.75) is 32.2 Å². The number of fused-ring (bicyclic) bond motifs is 1. The Labute approximate surface area is 156 Å². The second-order valence-corrected chi connectivity index (χ2v) is 8.90. The van der Waals surface area contributed by atoms with E-state index in [0.717, 1.165) is 38.2 Å². The van der Waals surface area contributed by atoms with Gasteiger partial charge in [0.25, 0.3) is 10.0 Å². The number of nitrogens with one attached hydrogen (secondary N) is 1. The van der Waals surface area contributed by atoms with Gasteiger partial charge in [-0.3, -0.25) is 14.1 Å². The van der Waals surface area contributed by atoms with Crippen LogP contribution in [-0.4, -0.2) is 13.0 Å². The van der Waals surface area contributed by atoms with Crippen LogP contribution in [0.1, 0.15) is 16.7 Å². The van der Waals surface area contributed by atoms with Gasteiger partial charge in [0.1, 0.15) is 0 Å². The minimum absolute atomic E-state index is 0.0925. The summed E-state index contributed by atoms with van der Waals surface area (Å²) in [7, 11) is -3.72. The molecule has 2 aromatic carbocycles. The fourth-order valence-corrected chi connectivity index (χ4v) is 5.31. The molecule has 1 N–H and O–H groups in total. The Hall–Kier alpha value is -2.38. The fourth-order valence-electron chi connectivity index (χ4n) is 2.92. The van der Waals surface area contributed by atoms with Crippen molar-refractivity contribution >= 4 is 37.3 Å². The normalized spacial score (nSPS) is 11.7. The van der Waals surface area contributed by atoms with Crippen molar-refractivity contribution in [3.8, 4) is 0 Å². The first-order chi connectivity index (χ1) is 12.2. The van der Waals surface area contributed by atoms with E-state index in [4.69, 9.17) is 0 Å². The third-order valence-corrected chi connectivity index (χ3v) is 6.74. The van der Waals surface area contributed by atoms with Crippen LogP contribution in [0.15, 0.2) is 52.7 Å². The zero-order chi connectivity index (χ0) is 19.1. The zero-order valence-electron chi connectivity index (χ0n) is 14.9. The number of aromatic nitrogens is 1. The van der Waals surface area contributed by atoms with E-state index in [0.29, 0.717) is 12.2 Å². The molecule has 0 saturated heterocycles. The average molecular weight is 389 g/mol. The number of nitrogens with zero attached hydrogens (tertiary/aromatic N) is 1.